The fourth-order valence-corrected chi connectivity index (χ4v) is 4.93. The van der Waals surface area contributed by atoms with Gasteiger partial charge in [0.05, 0.1) is 17.8 Å². The summed E-state index contributed by atoms with van der Waals surface area (Å²) in [5, 5.41) is 4.05. The van der Waals surface area contributed by atoms with Crippen molar-refractivity contribution in [3.05, 3.63) is 107 Å². The summed E-state index contributed by atoms with van der Waals surface area (Å²) in [6.45, 7) is 6.21. The number of hydrogen-bond acceptors (Lipinski definition) is 3. The summed E-state index contributed by atoms with van der Waals surface area (Å²) in [5.41, 5.74) is 6.11. The average Bonchev–Trinajstić information content (AvgIpc) is 3.31. The van der Waals surface area contributed by atoms with Gasteiger partial charge in [-0.25, -0.2) is 9.37 Å². The Hall–Kier alpha value is -3.58. The Labute approximate surface area is 197 Å². The third-order valence-electron chi connectivity index (χ3n) is 6.12. The molecule has 0 saturated carbocycles. The molecule has 5 rings (SSSR count). The average molecular weight is 458 g/mol. The summed E-state index contributed by atoms with van der Waals surface area (Å²) in [7, 11) is 0. The molecule has 5 nitrogen and oxygen atoms in total. The molecule has 0 amide bonds. The van der Waals surface area contributed by atoms with Gasteiger partial charge >= 0.3 is 0 Å². The highest BCUT2D eigenvalue weighted by atomic mass is 32.1. The van der Waals surface area contributed by atoms with Gasteiger partial charge in [-0.05, 0) is 92.6 Å². The van der Waals surface area contributed by atoms with Gasteiger partial charge in [-0.1, -0.05) is 12.1 Å². The van der Waals surface area contributed by atoms with E-state index in [9.17, 15) is 4.39 Å². The predicted molar refractivity (Wildman–Crippen MR) is 132 cm³/mol. The molecule has 1 aromatic carbocycles. The number of rotatable bonds is 4. The van der Waals surface area contributed by atoms with E-state index in [0.717, 1.165) is 39.7 Å². The Morgan fingerprint density at radius 2 is 1.76 bits per heavy atom. The Bertz CT molecular complexity index is 1300. The SMILES string of the molecule is Cc1ccc(-n2c(C)cc([C@H]3[C@@H](c4ccccn4)NC(=S)N3c3ccc(F)cc3)c2C)nc1. The van der Waals surface area contributed by atoms with Crippen molar-refractivity contribution in [3.8, 4) is 5.82 Å². The van der Waals surface area contributed by atoms with Gasteiger partial charge in [-0.2, -0.15) is 0 Å². The van der Waals surface area contributed by atoms with Crippen LogP contribution in [-0.2, 0) is 0 Å². The minimum atomic E-state index is -0.279. The van der Waals surface area contributed by atoms with Crippen LogP contribution in [0.5, 0.6) is 0 Å². The highest BCUT2D eigenvalue weighted by Gasteiger charge is 2.42. The molecule has 4 heterocycles. The minimum Gasteiger partial charge on any atom is -0.351 e. The van der Waals surface area contributed by atoms with Gasteiger partial charge in [-0.15, -0.1) is 0 Å². The molecule has 1 aliphatic heterocycles. The van der Waals surface area contributed by atoms with E-state index < -0.39 is 0 Å². The lowest BCUT2D eigenvalue weighted by atomic mass is 9.96. The number of aryl methyl sites for hydroxylation is 2. The van der Waals surface area contributed by atoms with Crippen LogP contribution in [0.15, 0.2) is 73.1 Å². The topological polar surface area (TPSA) is 46.0 Å². The Kier molecular flexibility index (Phi) is 5.42. The van der Waals surface area contributed by atoms with Crippen molar-refractivity contribution in [2.75, 3.05) is 4.90 Å². The summed E-state index contributed by atoms with van der Waals surface area (Å²) in [5.74, 6) is 0.594. The molecule has 3 aromatic heterocycles. The number of nitrogens with zero attached hydrogens (tertiary/aromatic N) is 4. The van der Waals surface area contributed by atoms with Crippen LogP contribution in [0.1, 0.15) is 40.3 Å². The number of pyridine rings is 2. The number of thiocarbonyl (C=S) groups is 1. The van der Waals surface area contributed by atoms with E-state index in [4.69, 9.17) is 12.2 Å². The lowest BCUT2D eigenvalue weighted by Gasteiger charge is -2.28. The molecule has 1 aliphatic rings. The smallest absolute Gasteiger partial charge is 0.174 e. The summed E-state index contributed by atoms with van der Waals surface area (Å²) in [4.78, 5) is 11.3. The molecule has 4 aromatic rings. The normalized spacial score (nSPS) is 17.9. The van der Waals surface area contributed by atoms with Crippen LogP contribution in [0, 0.1) is 26.6 Å². The quantitative estimate of drug-likeness (QED) is 0.410. The largest absolute Gasteiger partial charge is 0.351 e. The maximum absolute atomic E-state index is 13.7. The van der Waals surface area contributed by atoms with E-state index in [2.05, 4.69) is 50.7 Å². The monoisotopic (exact) mass is 457 g/mol. The van der Waals surface area contributed by atoms with Gasteiger partial charge in [0.15, 0.2) is 5.11 Å². The number of benzene rings is 1. The first-order chi connectivity index (χ1) is 15.9. The van der Waals surface area contributed by atoms with Crippen molar-refractivity contribution in [1.82, 2.24) is 19.9 Å². The Balaban J connectivity index is 1.67. The van der Waals surface area contributed by atoms with Crippen LogP contribution in [0.4, 0.5) is 10.1 Å². The first-order valence-electron chi connectivity index (χ1n) is 10.8. The summed E-state index contributed by atoms with van der Waals surface area (Å²) in [6, 6.07) is 18.3. The molecule has 1 saturated heterocycles. The van der Waals surface area contributed by atoms with Crippen LogP contribution < -0.4 is 10.2 Å². The molecule has 1 N–H and O–H groups in total. The van der Waals surface area contributed by atoms with Crippen molar-refractivity contribution in [3.63, 3.8) is 0 Å². The van der Waals surface area contributed by atoms with Gasteiger partial charge < -0.3 is 14.8 Å². The second kappa shape index (κ2) is 8.41. The van der Waals surface area contributed by atoms with Crippen molar-refractivity contribution in [2.45, 2.75) is 32.9 Å². The fraction of sp³-hybridized carbons (Fsp3) is 0.192. The van der Waals surface area contributed by atoms with E-state index >= 15 is 0 Å². The van der Waals surface area contributed by atoms with Gasteiger partial charge in [0.1, 0.15) is 11.6 Å². The minimum absolute atomic E-state index is 0.163. The zero-order valence-electron chi connectivity index (χ0n) is 18.7. The third-order valence-corrected chi connectivity index (χ3v) is 6.43. The van der Waals surface area contributed by atoms with Gasteiger partial charge in [0, 0.05) is 29.5 Å². The molecule has 7 heteroatoms. The molecule has 33 heavy (non-hydrogen) atoms. The zero-order valence-corrected chi connectivity index (χ0v) is 19.5. The van der Waals surface area contributed by atoms with Gasteiger partial charge in [0.25, 0.3) is 0 Å². The summed E-state index contributed by atoms with van der Waals surface area (Å²) < 4.78 is 15.8. The number of nitrogens with one attached hydrogen (secondary N) is 1. The first kappa shape index (κ1) is 21.3. The Morgan fingerprint density at radius 1 is 0.970 bits per heavy atom. The molecule has 0 aliphatic carbocycles. The number of anilines is 1. The van der Waals surface area contributed by atoms with E-state index in [0.29, 0.717) is 5.11 Å². The maximum Gasteiger partial charge on any atom is 0.174 e. The lowest BCUT2D eigenvalue weighted by molar-refractivity contribution is 0.565. The third kappa shape index (κ3) is 3.78. The maximum atomic E-state index is 13.7. The second-order valence-corrected chi connectivity index (χ2v) is 8.72. The number of halogens is 1. The molecule has 0 spiro atoms. The molecule has 2 atom stereocenters. The molecule has 0 radical (unpaired) electrons. The standard InChI is InChI=1S/C26H24FN5S/c1-16-7-12-23(29-15-16)31-17(2)14-21(18(31)3)25-24(22-6-4-5-13-28-22)30-26(33)32(25)20-10-8-19(27)9-11-20/h4-15,24-25H,1-3H3,(H,30,33)/t24-,25+/m1/s1. The van der Waals surface area contributed by atoms with Crippen molar-refractivity contribution in [1.29, 1.82) is 0 Å². The van der Waals surface area contributed by atoms with Gasteiger partial charge in [0.2, 0.25) is 0 Å². The van der Waals surface area contributed by atoms with Crippen LogP contribution in [0.3, 0.4) is 0 Å². The highest BCUT2D eigenvalue weighted by molar-refractivity contribution is 7.80. The van der Waals surface area contributed by atoms with Crippen molar-refractivity contribution >= 4 is 23.0 Å². The first-order valence-corrected chi connectivity index (χ1v) is 11.2. The predicted octanol–water partition coefficient (Wildman–Crippen LogP) is 5.51. The van der Waals surface area contributed by atoms with Crippen LogP contribution in [0.2, 0.25) is 0 Å². The fourth-order valence-electron chi connectivity index (χ4n) is 4.58. The van der Waals surface area contributed by atoms with E-state index in [-0.39, 0.29) is 17.9 Å². The molecular weight excluding hydrogens is 433 g/mol. The zero-order chi connectivity index (χ0) is 23.1. The van der Waals surface area contributed by atoms with Crippen LogP contribution in [-0.4, -0.2) is 19.6 Å². The van der Waals surface area contributed by atoms with Crippen molar-refractivity contribution < 1.29 is 4.39 Å². The van der Waals surface area contributed by atoms with Gasteiger partial charge in [-0.3, -0.25) is 4.98 Å². The second-order valence-electron chi connectivity index (χ2n) is 8.33. The van der Waals surface area contributed by atoms with Crippen molar-refractivity contribution in [2.24, 2.45) is 0 Å². The molecule has 0 unspecified atom stereocenters. The van der Waals surface area contributed by atoms with E-state index in [1.807, 2.05) is 37.4 Å². The Morgan fingerprint density at radius 3 is 2.42 bits per heavy atom. The number of aromatic nitrogens is 3. The molecule has 0 bridgehead atoms. The lowest BCUT2D eigenvalue weighted by Crippen LogP contribution is -2.29. The summed E-state index contributed by atoms with van der Waals surface area (Å²) >= 11 is 5.77. The van der Waals surface area contributed by atoms with E-state index in [1.54, 1.807) is 18.3 Å². The molecule has 166 valence electrons. The van der Waals surface area contributed by atoms with E-state index in [1.165, 1.54) is 12.1 Å². The highest BCUT2D eigenvalue weighted by Crippen LogP contribution is 2.43. The molecule has 1 fully saturated rings. The number of hydrogen-bond donors (Lipinski definition) is 1. The van der Waals surface area contributed by atoms with Crippen LogP contribution in [0.25, 0.3) is 5.82 Å². The van der Waals surface area contributed by atoms with Crippen LogP contribution >= 0.6 is 12.2 Å². The molecular formula is C26H24FN5S. The summed E-state index contributed by atoms with van der Waals surface area (Å²) in [6.07, 6.45) is 3.67.